The van der Waals surface area contributed by atoms with Crippen LogP contribution in [-0.4, -0.2) is 65.6 Å². The van der Waals surface area contributed by atoms with Crippen LogP contribution in [0.5, 0.6) is 0 Å². The third-order valence-electron chi connectivity index (χ3n) is 3.42. The number of nitrogens with one attached hydrogen (secondary N) is 1. The molecular weight excluding hydrogens is 252 g/mol. The highest BCUT2D eigenvalue weighted by Gasteiger charge is 2.32. The number of likely N-dealkylation sites (tertiary alicyclic amines) is 1. The SMILES string of the molecule is COC1(C)CCCN(C(=O)NCC[C@H](O)C(=O)O)C1. The molecule has 1 rings (SSSR count). The van der Waals surface area contributed by atoms with Crippen molar-refractivity contribution >= 4 is 12.0 Å². The van der Waals surface area contributed by atoms with Gasteiger partial charge in [0.1, 0.15) is 0 Å². The number of carboxylic acid groups (broad SMARTS) is 1. The molecule has 110 valence electrons. The van der Waals surface area contributed by atoms with E-state index >= 15 is 0 Å². The molecule has 1 fully saturated rings. The summed E-state index contributed by atoms with van der Waals surface area (Å²) in [7, 11) is 1.63. The van der Waals surface area contributed by atoms with Crippen molar-refractivity contribution < 1.29 is 24.5 Å². The van der Waals surface area contributed by atoms with Crippen molar-refractivity contribution in [3.05, 3.63) is 0 Å². The normalized spacial score (nSPS) is 24.9. The van der Waals surface area contributed by atoms with Crippen LogP contribution in [0.1, 0.15) is 26.2 Å². The number of aliphatic hydroxyl groups is 1. The number of carbonyl (C=O) groups excluding carboxylic acids is 1. The molecule has 1 heterocycles. The number of hydrogen-bond donors (Lipinski definition) is 3. The van der Waals surface area contributed by atoms with E-state index in [-0.39, 0.29) is 24.6 Å². The summed E-state index contributed by atoms with van der Waals surface area (Å²) in [6.07, 6.45) is 0.336. The first kappa shape index (κ1) is 15.7. The Morgan fingerprint density at radius 3 is 2.79 bits per heavy atom. The van der Waals surface area contributed by atoms with Crippen LogP contribution in [0.2, 0.25) is 0 Å². The molecule has 0 bridgehead atoms. The van der Waals surface area contributed by atoms with Crippen molar-refractivity contribution in [1.82, 2.24) is 10.2 Å². The topological polar surface area (TPSA) is 99.1 Å². The summed E-state index contributed by atoms with van der Waals surface area (Å²) < 4.78 is 5.39. The quantitative estimate of drug-likeness (QED) is 0.657. The highest BCUT2D eigenvalue weighted by molar-refractivity contribution is 5.75. The number of carbonyl (C=O) groups is 2. The first-order valence-electron chi connectivity index (χ1n) is 6.37. The van der Waals surface area contributed by atoms with Gasteiger partial charge < -0.3 is 25.2 Å². The summed E-state index contributed by atoms with van der Waals surface area (Å²) in [4.78, 5) is 23.9. The van der Waals surface area contributed by atoms with Crippen LogP contribution in [0.15, 0.2) is 0 Å². The Morgan fingerprint density at radius 1 is 1.53 bits per heavy atom. The van der Waals surface area contributed by atoms with E-state index in [1.165, 1.54) is 0 Å². The molecule has 0 aliphatic carbocycles. The summed E-state index contributed by atoms with van der Waals surface area (Å²) in [5.41, 5.74) is -0.323. The molecule has 7 heteroatoms. The number of rotatable bonds is 5. The van der Waals surface area contributed by atoms with E-state index in [4.69, 9.17) is 14.9 Å². The van der Waals surface area contributed by atoms with Gasteiger partial charge >= 0.3 is 12.0 Å². The van der Waals surface area contributed by atoms with Gasteiger partial charge in [0.15, 0.2) is 6.10 Å². The fourth-order valence-corrected chi connectivity index (χ4v) is 2.10. The van der Waals surface area contributed by atoms with Crippen molar-refractivity contribution in [3.63, 3.8) is 0 Å². The van der Waals surface area contributed by atoms with Crippen LogP contribution in [0, 0.1) is 0 Å². The highest BCUT2D eigenvalue weighted by atomic mass is 16.5. The predicted molar refractivity (Wildman–Crippen MR) is 67.9 cm³/mol. The lowest BCUT2D eigenvalue weighted by molar-refractivity contribution is -0.146. The molecule has 7 nitrogen and oxygen atoms in total. The van der Waals surface area contributed by atoms with Crippen LogP contribution >= 0.6 is 0 Å². The highest BCUT2D eigenvalue weighted by Crippen LogP contribution is 2.23. The minimum absolute atomic E-state index is 0.00351. The minimum atomic E-state index is -1.44. The standard InChI is InChI=1S/C12H22N2O5/c1-12(19-2)5-3-7-14(8-12)11(18)13-6-4-9(15)10(16)17/h9,15H,3-8H2,1-2H3,(H,13,18)(H,16,17)/t9-,12?/m0/s1. The first-order chi connectivity index (χ1) is 8.88. The Morgan fingerprint density at radius 2 is 2.21 bits per heavy atom. The third-order valence-corrected chi connectivity index (χ3v) is 3.42. The van der Waals surface area contributed by atoms with Crippen LogP contribution in [0.25, 0.3) is 0 Å². The smallest absolute Gasteiger partial charge is 0.332 e. The largest absolute Gasteiger partial charge is 0.479 e. The second-order valence-corrected chi connectivity index (χ2v) is 5.05. The van der Waals surface area contributed by atoms with Gasteiger partial charge in [-0.3, -0.25) is 0 Å². The maximum atomic E-state index is 11.9. The van der Waals surface area contributed by atoms with Crippen molar-refractivity contribution in [3.8, 4) is 0 Å². The molecule has 0 saturated carbocycles. The van der Waals surface area contributed by atoms with Crippen LogP contribution in [0.3, 0.4) is 0 Å². The number of amides is 2. The molecule has 1 aliphatic rings. The summed E-state index contributed by atoms with van der Waals surface area (Å²) in [5.74, 6) is -1.28. The average Bonchev–Trinajstić information content (AvgIpc) is 2.38. The molecule has 1 saturated heterocycles. The molecule has 1 unspecified atom stereocenters. The third kappa shape index (κ3) is 4.68. The lowest BCUT2D eigenvalue weighted by atomic mass is 9.95. The number of aliphatic hydroxyl groups excluding tert-OH is 1. The maximum Gasteiger partial charge on any atom is 0.332 e. The van der Waals surface area contributed by atoms with Gasteiger partial charge in [0.25, 0.3) is 0 Å². The Bertz CT molecular complexity index is 336. The van der Waals surface area contributed by atoms with E-state index < -0.39 is 12.1 Å². The van der Waals surface area contributed by atoms with Gasteiger partial charge in [-0.1, -0.05) is 0 Å². The predicted octanol–water partition coefficient (Wildman–Crippen LogP) is 0.0325. The van der Waals surface area contributed by atoms with Gasteiger partial charge in [-0.2, -0.15) is 0 Å². The summed E-state index contributed by atoms with van der Waals surface area (Å²) in [5, 5.41) is 20.2. The van der Waals surface area contributed by atoms with Crippen LogP contribution < -0.4 is 5.32 Å². The van der Waals surface area contributed by atoms with Crippen LogP contribution in [-0.2, 0) is 9.53 Å². The molecular formula is C12H22N2O5. The monoisotopic (exact) mass is 274 g/mol. The van der Waals surface area contributed by atoms with Gasteiger partial charge in [-0.05, 0) is 19.8 Å². The molecule has 0 spiro atoms. The lowest BCUT2D eigenvalue weighted by Gasteiger charge is -2.39. The van der Waals surface area contributed by atoms with Gasteiger partial charge in [-0.15, -0.1) is 0 Å². The first-order valence-corrected chi connectivity index (χ1v) is 6.37. The van der Waals surface area contributed by atoms with Gasteiger partial charge in [0.2, 0.25) is 0 Å². The molecule has 0 aromatic rings. The minimum Gasteiger partial charge on any atom is -0.479 e. The molecule has 0 aromatic heterocycles. The number of hydrogen-bond acceptors (Lipinski definition) is 4. The van der Waals surface area contributed by atoms with Crippen molar-refractivity contribution in [1.29, 1.82) is 0 Å². The fourth-order valence-electron chi connectivity index (χ4n) is 2.10. The van der Waals surface area contributed by atoms with E-state index in [0.29, 0.717) is 13.1 Å². The summed E-state index contributed by atoms with van der Waals surface area (Å²) in [6.45, 7) is 3.26. The fraction of sp³-hybridized carbons (Fsp3) is 0.833. The molecule has 2 atom stereocenters. The number of aliphatic carboxylic acids is 1. The zero-order chi connectivity index (χ0) is 14.5. The second kappa shape index (κ2) is 6.72. The van der Waals surface area contributed by atoms with E-state index in [2.05, 4.69) is 5.32 Å². The van der Waals surface area contributed by atoms with E-state index in [1.54, 1.807) is 12.0 Å². The molecule has 2 amide bonds. The Balaban J connectivity index is 2.35. The Hall–Kier alpha value is -1.34. The van der Waals surface area contributed by atoms with Crippen LogP contribution in [0.4, 0.5) is 4.79 Å². The van der Waals surface area contributed by atoms with E-state index in [9.17, 15) is 9.59 Å². The maximum absolute atomic E-state index is 11.9. The van der Waals surface area contributed by atoms with E-state index in [1.807, 2.05) is 6.92 Å². The molecule has 0 aromatic carbocycles. The molecule has 19 heavy (non-hydrogen) atoms. The number of piperidine rings is 1. The molecule has 3 N–H and O–H groups in total. The second-order valence-electron chi connectivity index (χ2n) is 5.05. The number of ether oxygens (including phenoxy) is 1. The molecule has 0 radical (unpaired) electrons. The number of urea groups is 1. The Labute approximate surface area is 112 Å². The van der Waals surface area contributed by atoms with Gasteiger partial charge in [-0.25, -0.2) is 9.59 Å². The number of methoxy groups -OCH3 is 1. The lowest BCUT2D eigenvalue weighted by Crippen LogP contribution is -2.52. The van der Waals surface area contributed by atoms with Gasteiger partial charge in [0.05, 0.1) is 12.1 Å². The zero-order valence-electron chi connectivity index (χ0n) is 11.4. The number of nitrogens with zero attached hydrogens (tertiary/aromatic N) is 1. The summed E-state index contributed by atoms with van der Waals surface area (Å²) in [6, 6.07) is -0.249. The van der Waals surface area contributed by atoms with Gasteiger partial charge in [0, 0.05) is 26.6 Å². The van der Waals surface area contributed by atoms with Crippen molar-refractivity contribution in [2.75, 3.05) is 26.7 Å². The molecule has 1 aliphatic heterocycles. The summed E-state index contributed by atoms with van der Waals surface area (Å²) >= 11 is 0. The van der Waals surface area contributed by atoms with Crippen molar-refractivity contribution in [2.45, 2.75) is 37.9 Å². The zero-order valence-corrected chi connectivity index (χ0v) is 11.4. The average molecular weight is 274 g/mol. The van der Waals surface area contributed by atoms with E-state index in [0.717, 1.165) is 12.8 Å². The Kier molecular flexibility index (Phi) is 5.56. The van der Waals surface area contributed by atoms with Crippen molar-refractivity contribution in [2.24, 2.45) is 0 Å². The number of carboxylic acids is 1.